The lowest BCUT2D eigenvalue weighted by Gasteiger charge is -2.06. The van der Waals surface area contributed by atoms with Gasteiger partial charge in [-0.05, 0) is 36.2 Å². The third kappa shape index (κ3) is 5.26. The maximum absolute atomic E-state index is 11.7. The van der Waals surface area contributed by atoms with E-state index in [1.165, 1.54) is 6.26 Å². The van der Waals surface area contributed by atoms with Crippen molar-refractivity contribution in [1.82, 2.24) is 10.6 Å². The van der Waals surface area contributed by atoms with E-state index < -0.39 is 0 Å². The Hall–Kier alpha value is -2.27. The van der Waals surface area contributed by atoms with Gasteiger partial charge in [0.2, 0.25) is 5.91 Å². The summed E-state index contributed by atoms with van der Waals surface area (Å²) in [6, 6.07) is 10.5. The zero-order chi connectivity index (χ0) is 15.8. The second kappa shape index (κ2) is 8.24. The molecule has 116 valence electrons. The zero-order valence-electron chi connectivity index (χ0n) is 12.0. The average molecular weight is 321 g/mol. The predicted molar refractivity (Wildman–Crippen MR) is 83.6 cm³/mol. The molecule has 2 N–H and O–H groups in total. The third-order valence-corrected chi connectivity index (χ3v) is 3.27. The monoisotopic (exact) mass is 320 g/mol. The molecule has 2 rings (SSSR count). The van der Waals surface area contributed by atoms with Crippen molar-refractivity contribution in [3.05, 3.63) is 59.0 Å². The van der Waals surface area contributed by atoms with Crippen LogP contribution in [0.25, 0.3) is 0 Å². The van der Waals surface area contributed by atoms with Crippen LogP contribution in [0.2, 0.25) is 5.02 Å². The van der Waals surface area contributed by atoms with Gasteiger partial charge in [-0.25, -0.2) is 0 Å². The Labute approximate surface area is 133 Å². The van der Waals surface area contributed by atoms with E-state index in [1.54, 1.807) is 24.3 Å². The van der Waals surface area contributed by atoms with Gasteiger partial charge in [0, 0.05) is 24.5 Å². The fourth-order valence-electron chi connectivity index (χ4n) is 1.84. The molecule has 5 nitrogen and oxygen atoms in total. The molecule has 0 aliphatic heterocycles. The summed E-state index contributed by atoms with van der Waals surface area (Å²) in [5, 5.41) is 6.18. The third-order valence-electron chi connectivity index (χ3n) is 3.01. The second-order valence-electron chi connectivity index (χ2n) is 4.74. The summed E-state index contributed by atoms with van der Waals surface area (Å²) < 4.78 is 4.97. The van der Waals surface area contributed by atoms with E-state index in [4.69, 9.17) is 16.0 Å². The molecule has 0 fully saturated rings. The van der Waals surface area contributed by atoms with Gasteiger partial charge in [-0.2, -0.15) is 0 Å². The molecule has 0 unspecified atom stereocenters. The Kier molecular flexibility index (Phi) is 6.03. The first kappa shape index (κ1) is 16.1. The second-order valence-corrected chi connectivity index (χ2v) is 5.18. The Morgan fingerprint density at radius 1 is 1.09 bits per heavy atom. The maximum Gasteiger partial charge on any atom is 0.286 e. The number of hydrogen-bond acceptors (Lipinski definition) is 3. The van der Waals surface area contributed by atoms with Crippen molar-refractivity contribution in [3.63, 3.8) is 0 Å². The van der Waals surface area contributed by atoms with Crippen LogP contribution in [0.15, 0.2) is 47.1 Å². The van der Waals surface area contributed by atoms with Crippen molar-refractivity contribution in [1.29, 1.82) is 0 Å². The minimum Gasteiger partial charge on any atom is -0.459 e. The van der Waals surface area contributed by atoms with Gasteiger partial charge < -0.3 is 15.1 Å². The summed E-state index contributed by atoms with van der Waals surface area (Å²) in [6.45, 7) is 0.892. The van der Waals surface area contributed by atoms with Gasteiger partial charge in [0.05, 0.1) is 6.26 Å². The summed E-state index contributed by atoms with van der Waals surface area (Å²) >= 11 is 5.79. The van der Waals surface area contributed by atoms with Crippen molar-refractivity contribution in [2.45, 2.75) is 19.4 Å². The molecule has 0 saturated carbocycles. The van der Waals surface area contributed by atoms with Gasteiger partial charge >= 0.3 is 0 Å². The molecule has 0 spiro atoms. The normalized spacial score (nSPS) is 10.2. The van der Waals surface area contributed by atoms with Gasteiger partial charge in [0.1, 0.15) is 0 Å². The van der Waals surface area contributed by atoms with E-state index in [1.807, 2.05) is 12.1 Å². The molecule has 22 heavy (non-hydrogen) atoms. The van der Waals surface area contributed by atoms with E-state index >= 15 is 0 Å². The molecule has 1 heterocycles. The van der Waals surface area contributed by atoms with Crippen molar-refractivity contribution in [2.75, 3.05) is 6.54 Å². The number of rotatable bonds is 7. The van der Waals surface area contributed by atoms with Gasteiger partial charge in [0.15, 0.2) is 5.76 Å². The Morgan fingerprint density at radius 2 is 1.86 bits per heavy atom. The molecule has 1 aromatic carbocycles. The average Bonchev–Trinajstić information content (AvgIpc) is 3.05. The molecule has 0 atom stereocenters. The molecule has 1 aromatic heterocycles. The Morgan fingerprint density at radius 3 is 2.55 bits per heavy atom. The number of amides is 2. The van der Waals surface area contributed by atoms with E-state index in [0.29, 0.717) is 31.0 Å². The minimum absolute atomic E-state index is 0.0535. The predicted octanol–water partition coefficient (Wildman–Crippen LogP) is 2.76. The van der Waals surface area contributed by atoms with Crippen molar-refractivity contribution >= 4 is 23.4 Å². The number of carbonyl (C=O) groups excluding carboxylic acids is 2. The number of hydrogen-bond donors (Lipinski definition) is 2. The van der Waals surface area contributed by atoms with E-state index in [0.717, 1.165) is 5.56 Å². The summed E-state index contributed by atoms with van der Waals surface area (Å²) in [4.78, 5) is 23.3. The zero-order valence-corrected chi connectivity index (χ0v) is 12.7. The van der Waals surface area contributed by atoms with Crippen LogP contribution in [0.3, 0.4) is 0 Å². The van der Waals surface area contributed by atoms with Crippen molar-refractivity contribution in [2.24, 2.45) is 0 Å². The molecule has 0 saturated heterocycles. The summed E-state index contributed by atoms with van der Waals surface area (Å²) in [6.07, 6.45) is 2.37. The SMILES string of the molecule is O=C(CCCNC(=O)c1ccco1)NCc1ccc(Cl)cc1. The molecule has 6 heteroatoms. The smallest absolute Gasteiger partial charge is 0.286 e. The largest absolute Gasteiger partial charge is 0.459 e. The van der Waals surface area contributed by atoms with Crippen molar-refractivity contribution in [3.8, 4) is 0 Å². The molecular weight excluding hydrogens is 304 g/mol. The fourth-order valence-corrected chi connectivity index (χ4v) is 1.96. The van der Waals surface area contributed by atoms with Crippen molar-refractivity contribution < 1.29 is 14.0 Å². The first-order valence-corrected chi connectivity index (χ1v) is 7.36. The van der Waals surface area contributed by atoms with Crippen LogP contribution in [-0.4, -0.2) is 18.4 Å². The number of furan rings is 1. The van der Waals surface area contributed by atoms with Gasteiger partial charge in [-0.15, -0.1) is 0 Å². The highest BCUT2D eigenvalue weighted by Crippen LogP contribution is 2.09. The molecule has 0 aliphatic carbocycles. The topological polar surface area (TPSA) is 71.3 Å². The Bertz CT molecular complexity index is 609. The standard InChI is InChI=1S/C16H17ClN2O3/c17-13-7-5-12(6-8-13)11-19-15(20)4-1-9-18-16(21)14-3-2-10-22-14/h2-3,5-8,10H,1,4,9,11H2,(H,18,21)(H,19,20). The number of nitrogens with one attached hydrogen (secondary N) is 2. The van der Waals surface area contributed by atoms with Crippen LogP contribution in [0.5, 0.6) is 0 Å². The van der Waals surface area contributed by atoms with Crippen LogP contribution in [0.1, 0.15) is 29.0 Å². The van der Waals surface area contributed by atoms with Crippen LogP contribution in [0, 0.1) is 0 Å². The van der Waals surface area contributed by atoms with Crippen LogP contribution < -0.4 is 10.6 Å². The lowest BCUT2D eigenvalue weighted by atomic mass is 10.2. The highest BCUT2D eigenvalue weighted by Gasteiger charge is 2.07. The quantitative estimate of drug-likeness (QED) is 0.771. The molecule has 2 aromatic rings. The molecule has 0 bridgehead atoms. The van der Waals surface area contributed by atoms with Crippen LogP contribution in [0.4, 0.5) is 0 Å². The lowest BCUT2D eigenvalue weighted by Crippen LogP contribution is -2.27. The highest BCUT2D eigenvalue weighted by atomic mass is 35.5. The first-order valence-electron chi connectivity index (χ1n) is 6.98. The van der Waals surface area contributed by atoms with E-state index in [2.05, 4.69) is 10.6 Å². The summed E-state index contributed by atoms with van der Waals surface area (Å²) in [5.41, 5.74) is 0.990. The summed E-state index contributed by atoms with van der Waals surface area (Å²) in [5.74, 6) is -0.0547. The minimum atomic E-state index is -0.272. The maximum atomic E-state index is 11.7. The molecule has 0 aliphatic rings. The molecule has 2 amide bonds. The van der Waals surface area contributed by atoms with E-state index in [9.17, 15) is 9.59 Å². The molecular formula is C16H17ClN2O3. The highest BCUT2D eigenvalue weighted by molar-refractivity contribution is 6.30. The number of carbonyl (C=O) groups is 2. The molecule has 0 radical (unpaired) electrons. The van der Waals surface area contributed by atoms with Gasteiger partial charge in [-0.1, -0.05) is 23.7 Å². The Balaban J connectivity index is 1.59. The van der Waals surface area contributed by atoms with Gasteiger partial charge in [-0.3, -0.25) is 9.59 Å². The first-order chi connectivity index (χ1) is 10.6. The fraction of sp³-hybridized carbons (Fsp3) is 0.250. The lowest BCUT2D eigenvalue weighted by molar-refractivity contribution is -0.121. The summed E-state index contributed by atoms with van der Waals surface area (Å²) in [7, 11) is 0. The number of halogens is 1. The van der Waals surface area contributed by atoms with Gasteiger partial charge in [0.25, 0.3) is 5.91 Å². The van der Waals surface area contributed by atoms with E-state index in [-0.39, 0.29) is 17.6 Å². The van der Waals surface area contributed by atoms with Crippen LogP contribution in [-0.2, 0) is 11.3 Å². The van der Waals surface area contributed by atoms with Crippen LogP contribution >= 0.6 is 11.6 Å². The number of benzene rings is 1.